The van der Waals surface area contributed by atoms with Gasteiger partial charge in [0, 0.05) is 117 Å². The summed E-state index contributed by atoms with van der Waals surface area (Å²) in [6.07, 6.45) is 3.88. The topological polar surface area (TPSA) is 45.5 Å². The Morgan fingerprint density at radius 3 is 1.08 bits per heavy atom. The average Bonchev–Trinajstić information content (AvgIpc) is 1.37. The van der Waals surface area contributed by atoms with Crippen LogP contribution in [0.2, 0.25) is 0 Å². The highest BCUT2D eigenvalue weighted by Gasteiger charge is 2.33. The summed E-state index contributed by atoms with van der Waals surface area (Å²) in [5.41, 5.74) is 27.2. The summed E-state index contributed by atoms with van der Waals surface area (Å²) in [4.78, 5) is 11.5. The van der Waals surface area contributed by atoms with Crippen molar-refractivity contribution in [3.05, 3.63) is 364 Å². The summed E-state index contributed by atoms with van der Waals surface area (Å²) in [5.74, 6) is 0. The van der Waals surface area contributed by atoms with E-state index >= 15 is 0 Å². The second kappa shape index (κ2) is 23.2. The lowest BCUT2D eigenvalue weighted by molar-refractivity contribution is 1.17. The molecule has 0 spiro atoms. The Hall–Kier alpha value is -13.4. The number of hydrogen-bond acceptors (Lipinski definition) is 2. The van der Waals surface area contributed by atoms with Crippen molar-refractivity contribution in [2.45, 2.75) is 0 Å². The highest BCUT2D eigenvalue weighted by molar-refractivity contribution is 6.22. The molecule has 466 valence electrons. The minimum absolute atomic E-state index is 0.841. The molecule has 20 rings (SSSR count). The highest BCUT2D eigenvalue weighted by Crippen LogP contribution is 2.55. The van der Waals surface area contributed by atoms with Crippen molar-refractivity contribution in [3.63, 3.8) is 0 Å². The van der Waals surface area contributed by atoms with E-state index in [1.54, 1.807) is 0 Å². The van der Waals surface area contributed by atoms with Gasteiger partial charge in [-0.1, -0.05) is 261 Å². The molecule has 6 heterocycles. The molecule has 0 atom stereocenters. The largest absolute Gasteiger partial charge is 0.309 e. The minimum atomic E-state index is 0.841. The third-order valence-corrected chi connectivity index (χ3v) is 20.5. The van der Waals surface area contributed by atoms with Gasteiger partial charge in [-0.05, 0) is 119 Å². The van der Waals surface area contributed by atoms with Gasteiger partial charge in [0.2, 0.25) is 0 Å². The van der Waals surface area contributed by atoms with Gasteiger partial charge in [-0.2, -0.15) is 0 Å². The third kappa shape index (κ3) is 8.84. The molecule has 0 saturated heterocycles. The maximum atomic E-state index is 6.66. The van der Waals surface area contributed by atoms with Crippen molar-refractivity contribution in [1.29, 1.82) is 0 Å². The van der Waals surface area contributed by atoms with E-state index in [2.05, 4.69) is 370 Å². The third-order valence-electron chi connectivity index (χ3n) is 20.5. The number of nitrogens with zero attached hydrogens (tertiary/aromatic N) is 6. The van der Waals surface area contributed by atoms with Crippen LogP contribution in [-0.4, -0.2) is 28.2 Å². The summed E-state index contributed by atoms with van der Waals surface area (Å²) in [6.45, 7) is 0. The number of fused-ring (bicyclic) bond motifs is 12. The fourth-order valence-electron chi connectivity index (χ4n) is 16.3. The number of hydrogen-bond donors (Lipinski definition) is 0. The number of rotatable bonds is 11. The molecule has 100 heavy (non-hydrogen) atoms. The maximum absolute atomic E-state index is 6.66. The van der Waals surface area contributed by atoms with E-state index in [1.165, 1.54) is 21.9 Å². The van der Waals surface area contributed by atoms with E-state index in [-0.39, 0.29) is 0 Å². The SMILES string of the molecule is c1ccc(-c2ccc3c(c2)c2ccccc2n3-c2ccc(-c3c(-c4cccc5c6ccccc6n(-c6ccccc6)c45)nc(-c4cccc5c6ccccc6n(-c6ccccc6)c45)c(-c4cccc5c6ccccc6n(-c6ccccc6)c45)c3-c3ccccc3-c3cccnc3)cc2)cc1. The molecule has 6 aromatic heterocycles. The monoisotopic (exact) mass is 1270 g/mol. The van der Waals surface area contributed by atoms with Crippen molar-refractivity contribution >= 4 is 87.2 Å². The first-order chi connectivity index (χ1) is 49.7. The summed E-state index contributed by atoms with van der Waals surface area (Å²) in [7, 11) is 0. The van der Waals surface area contributed by atoms with Gasteiger partial charge in [0.05, 0.1) is 55.5 Å². The Balaban J connectivity index is 1.00. The molecule has 6 heteroatoms. The van der Waals surface area contributed by atoms with Crippen LogP contribution in [0.4, 0.5) is 0 Å². The van der Waals surface area contributed by atoms with Crippen molar-refractivity contribution < 1.29 is 0 Å². The Kier molecular flexibility index (Phi) is 13.2. The van der Waals surface area contributed by atoms with Gasteiger partial charge >= 0.3 is 0 Å². The van der Waals surface area contributed by atoms with Crippen LogP contribution in [0.15, 0.2) is 364 Å². The zero-order valence-electron chi connectivity index (χ0n) is 54.3. The van der Waals surface area contributed by atoms with E-state index in [0.29, 0.717) is 0 Å². The van der Waals surface area contributed by atoms with Crippen LogP contribution < -0.4 is 0 Å². The molecule has 0 unspecified atom stereocenters. The molecule has 0 bridgehead atoms. The van der Waals surface area contributed by atoms with Crippen LogP contribution in [0.1, 0.15) is 0 Å². The molecule has 0 aliphatic heterocycles. The molecule has 20 aromatic rings. The van der Waals surface area contributed by atoms with E-state index in [1.807, 2.05) is 12.4 Å². The fourth-order valence-corrected chi connectivity index (χ4v) is 16.3. The van der Waals surface area contributed by atoms with Crippen LogP contribution in [0, 0.1) is 0 Å². The number of aromatic nitrogens is 6. The Labute approximate surface area is 577 Å². The van der Waals surface area contributed by atoms with Crippen LogP contribution >= 0.6 is 0 Å². The molecule has 6 nitrogen and oxygen atoms in total. The standard InChI is InChI=1S/C94H60N6/c1-5-27-61(28-6-1)63-54-57-86-81(59-63)73-40-18-19-48-82(73)97(86)68-55-52-62(53-56-68)87-88(74-41-14-13-36-69(74)64-29-26-58-95-60-64)89(78-45-23-42-75-70-37-15-20-49-83(70)98(92(75)78)65-30-7-2-8-31-65)91(80-47-25-44-77-72-39-17-22-51-85(72)100(94(77)80)67-34-11-4-12-35-67)96-90(87)79-46-24-43-76-71-38-16-21-50-84(71)99(93(76)79)66-32-9-3-10-33-66/h1-60H. The quantitative estimate of drug-likeness (QED) is 0.130. The van der Waals surface area contributed by atoms with Crippen molar-refractivity contribution in [1.82, 2.24) is 28.2 Å². The predicted octanol–water partition coefficient (Wildman–Crippen LogP) is 24.5. The van der Waals surface area contributed by atoms with Gasteiger partial charge in [0.1, 0.15) is 0 Å². The maximum Gasteiger partial charge on any atom is 0.0816 e. The molecule has 0 amide bonds. The zero-order valence-corrected chi connectivity index (χ0v) is 54.3. The van der Waals surface area contributed by atoms with Crippen LogP contribution in [0.5, 0.6) is 0 Å². The lowest BCUT2D eigenvalue weighted by Crippen LogP contribution is -2.06. The molecular formula is C94H60N6. The van der Waals surface area contributed by atoms with Crippen LogP contribution in [0.25, 0.3) is 188 Å². The van der Waals surface area contributed by atoms with E-state index in [9.17, 15) is 0 Å². The first-order valence-corrected chi connectivity index (χ1v) is 34.2. The second-order valence-electron chi connectivity index (χ2n) is 25.9. The lowest BCUT2D eigenvalue weighted by Gasteiger charge is -2.26. The summed E-state index contributed by atoms with van der Waals surface area (Å²) >= 11 is 0. The van der Waals surface area contributed by atoms with Gasteiger partial charge in [0.15, 0.2) is 0 Å². The molecule has 0 saturated carbocycles. The van der Waals surface area contributed by atoms with E-state index < -0.39 is 0 Å². The van der Waals surface area contributed by atoms with E-state index in [0.717, 1.165) is 166 Å². The molecular weight excluding hydrogens is 1210 g/mol. The smallest absolute Gasteiger partial charge is 0.0816 e. The summed E-state index contributed by atoms with van der Waals surface area (Å²) in [6, 6.07) is 129. The molecule has 0 N–H and O–H groups in total. The fraction of sp³-hybridized carbons (Fsp3) is 0. The van der Waals surface area contributed by atoms with Gasteiger partial charge in [-0.25, -0.2) is 4.98 Å². The van der Waals surface area contributed by atoms with Crippen molar-refractivity contribution in [2.75, 3.05) is 0 Å². The first-order valence-electron chi connectivity index (χ1n) is 34.2. The zero-order chi connectivity index (χ0) is 65.8. The van der Waals surface area contributed by atoms with Crippen LogP contribution in [0.3, 0.4) is 0 Å². The number of para-hydroxylation sites is 10. The Bertz CT molecular complexity index is 6600. The first kappa shape index (κ1) is 56.9. The molecule has 14 aromatic carbocycles. The van der Waals surface area contributed by atoms with Crippen LogP contribution in [-0.2, 0) is 0 Å². The second-order valence-corrected chi connectivity index (χ2v) is 25.9. The lowest BCUT2D eigenvalue weighted by atomic mass is 9.80. The molecule has 0 aliphatic carbocycles. The van der Waals surface area contributed by atoms with Gasteiger partial charge < -0.3 is 18.3 Å². The summed E-state index contributed by atoms with van der Waals surface area (Å²) < 4.78 is 9.85. The van der Waals surface area contributed by atoms with Gasteiger partial charge in [-0.15, -0.1) is 0 Å². The summed E-state index contributed by atoms with van der Waals surface area (Å²) in [5, 5.41) is 9.29. The predicted molar refractivity (Wildman–Crippen MR) is 417 cm³/mol. The minimum Gasteiger partial charge on any atom is -0.309 e. The molecule has 0 aliphatic rings. The number of pyridine rings is 2. The van der Waals surface area contributed by atoms with Gasteiger partial charge in [-0.3, -0.25) is 4.98 Å². The average molecular weight is 1270 g/mol. The Morgan fingerprint density at radius 1 is 0.200 bits per heavy atom. The number of benzene rings is 14. The molecule has 0 fully saturated rings. The molecule has 0 radical (unpaired) electrons. The van der Waals surface area contributed by atoms with Crippen molar-refractivity contribution in [3.8, 4) is 101 Å². The van der Waals surface area contributed by atoms with E-state index in [4.69, 9.17) is 9.97 Å². The normalized spacial score (nSPS) is 11.8. The Morgan fingerprint density at radius 2 is 0.570 bits per heavy atom. The van der Waals surface area contributed by atoms with Crippen molar-refractivity contribution in [2.24, 2.45) is 0 Å². The highest BCUT2D eigenvalue weighted by atomic mass is 15.0. The van der Waals surface area contributed by atoms with Gasteiger partial charge in [0.25, 0.3) is 0 Å².